The zero-order valence-corrected chi connectivity index (χ0v) is 15.0. The Kier molecular flexibility index (Phi) is 6.77. The highest BCUT2D eigenvalue weighted by Crippen LogP contribution is 2.16. The molecule has 0 aliphatic carbocycles. The molecule has 0 aliphatic rings. The second-order valence-electron chi connectivity index (χ2n) is 5.72. The van der Waals surface area contributed by atoms with Gasteiger partial charge in [-0.2, -0.15) is 5.10 Å². The van der Waals surface area contributed by atoms with Gasteiger partial charge in [0, 0.05) is 33.7 Å². The van der Waals surface area contributed by atoms with Crippen LogP contribution in [0, 0.1) is 5.92 Å². The predicted octanol–water partition coefficient (Wildman–Crippen LogP) is 1.38. The molecule has 8 nitrogen and oxygen atoms in total. The molecule has 0 aliphatic heterocycles. The molecule has 0 saturated heterocycles. The molecule has 0 fully saturated rings. The van der Waals surface area contributed by atoms with Gasteiger partial charge >= 0.3 is 0 Å². The van der Waals surface area contributed by atoms with E-state index in [1.807, 2.05) is 7.05 Å². The van der Waals surface area contributed by atoms with Gasteiger partial charge in [-0.15, -0.1) is 0 Å². The van der Waals surface area contributed by atoms with Crippen molar-refractivity contribution >= 4 is 22.8 Å². The zero-order valence-electron chi connectivity index (χ0n) is 15.0. The van der Waals surface area contributed by atoms with Crippen molar-refractivity contribution in [1.82, 2.24) is 30.4 Å². The fourth-order valence-electron chi connectivity index (χ4n) is 2.50. The summed E-state index contributed by atoms with van der Waals surface area (Å²) in [4.78, 5) is 12.8. The fraction of sp³-hybridized carbons (Fsp3) is 0.625. The fourth-order valence-corrected chi connectivity index (χ4v) is 2.50. The van der Waals surface area contributed by atoms with Gasteiger partial charge in [0.05, 0.1) is 11.6 Å². The average Bonchev–Trinajstić information content (AvgIpc) is 2.99. The monoisotopic (exact) mass is 332 g/mol. The Hall–Kier alpha value is -2.38. The van der Waals surface area contributed by atoms with E-state index in [9.17, 15) is 0 Å². The summed E-state index contributed by atoms with van der Waals surface area (Å²) in [5.41, 5.74) is 0.822. The van der Waals surface area contributed by atoms with Crippen molar-refractivity contribution in [3.05, 3.63) is 12.5 Å². The number of anilines is 1. The highest BCUT2D eigenvalue weighted by molar-refractivity contribution is 5.86. The van der Waals surface area contributed by atoms with Gasteiger partial charge in [-0.25, -0.2) is 9.97 Å². The summed E-state index contributed by atoms with van der Waals surface area (Å²) in [5.74, 6) is 2.31. The Labute approximate surface area is 143 Å². The normalized spacial score (nSPS) is 12.0. The van der Waals surface area contributed by atoms with Gasteiger partial charge in [-0.05, 0) is 5.92 Å². The SMILES string of the molecule is CCC(CC)CNC(=NC)NCCNc1ncnc2c1cnn2C. The van der Waals surface area contributed by atoms with E-state index in [0.717, 1.165) is 42.4 Å². The van der Waals surface area contributed by atoms with E-state index < -0.39 is 0 Å². The molecule has 8 heteroatoms. The van der Waals surface area contributed by atoms with Crippen LogP contribution >= 0.6 is 0 Å². The molecular formula is C16H28N8. The molecule has 2 aromatic rings. The first kappa shape index (κ1) is 18.0. The quantitative estimate of drug-likeness (QED) is 0.384. The van der Waals surface area contributed by atoms with Crippen LogP contribution in [0.2, 0.25) is 0 Å². The van der Waals surface area contributed by atoms with E-state index >= 15 is 0 Å². The van der Waals surface area contributed by atoms with Crippen LogP contribution in [0.25, 0.3) is 11.0 Å². The molecule has 0 atom stereocenters. The number of nitrogens with zero attached hydrogens (tertiary/aromatic N) is 5. The summed E-state index contributed by atoms with van der Waals surface area (Å²) < 4.78 is 1.74. The molecule has 0 bridgehead atoms. The van der Waals surface area contributed by atoms with Gasteiger partial charge in [0.15, 0.2) is 11.6 Å². The van der Waals surface area contributed by atoms with Crippen molar-refractivity contribution in [3.63, 3.8) is 0 Å². The van der Waals surface area contributed by atoms with Crippen molar-refractivity contribution in [2.75, 3.05) is 32.0 Å². The van der Waals surface area contributed by atoms with Crippen LogP contribution in [0.4, 0.5) is 5.82 Å². The predicted molar refractivity (Wildman–Crippen MR) is 98.2 cm³/mol. The summed E-state index contributed by atoms with van der Waals surface area (Å²) in [6.45, 7) is 6.86. The van der Waals surface area contributed by atoms with Crippen molar-refractivity contribution in [3.8, 4) is 0 Å². The Morgan fingerprint density at radius 1 is 1.21 bits per heavy atom. The smallest absolute Gasteiger partial charge is 0.191 e. The molecule has 24 heavy (non-hydrogen) atoms. The maximum Gasteiger partial charge on any atom is 0.191 e. The molecule has 0 unspecified atom stereocenters. The lowest BCUT2D eigenvalue weighted by Crippen LogP contribution is -2.41. The Balaban J connectivity index is 1.79. The topological polar surface area (TPSA) is 92.1 Å². The minimum atomic E-state index is 0.682. The zero-order chi connectivity index (χ0) is 17.4. The van der Waals surface area contributed by atoms with Crippen molar-refractivity contribution in [2.24, 2.45) is 18.0 Å². The second-order valence-corrected chi connectivity index (χ2v) is 5.72. The lowest BCUT2D eigenvalue weighted by Gasteiger charge is -2.17. The number of aliphatic imine (C=N–C) groups is 1. The molecule has 132 valence electrons. The van der Waals surface area contributed by atoms with Crippen LogP contribution in [-0.4, -0.2) is 52.4 Å². The van der Waals surface area contributed by atoms with Gasteiger partial charge in [0.2, 0.25) is 0 Å². The third-order valence-electron chi connectivity index (χ3n) is 4.18. The van der Waals surface area contributed by atoms with Crippen molar-refractivity contribution in [2.45, 2.75) is 26.7 Å². The lowest BCUT2D eigenvalue weighted by atomic mass is 10.0. The van der Waals surface area contributed by atoms with E-state index in [0.29, 0.717) is 5.92 Å². The van der Waals surface area contributed by atoms with Gasteiger partial charge in [0.25, 0.3) is 0 Å². The number of nitrogens with one attached hydrogen (secondary N) is 3. The number of fused-ring (bicyclic) bond motifs is 1. The van der Waals surface area contributed by atoms with Gasteiger partial charge in [-0.3, -0.25) is 9.67 Å². The van der Waals surface area contributed by atoms with E-state index in [4.69, 9.17) is 0 Å². The number of aromatic nitrogens is 4. The van der Waals surface area contributed by atoms with Crippen LogP contribution in [0.1, 0.15) is 26.7 Å². The van der Waals surface area contributed by atoms with E-state index in [-0.39, 0.29) is 0 Å². The first-order chi connectivity index (χ1) is 11.7. The average molecular weight is 332 g/mol. The number of rotatable bonds is 8. The van der Waals surface area contributed by atoms with Crippen molar-refractivity contribution < 1.29 is 0 Å². The van der Waals surface area contributed by atoms with E-state index in [1.165, 1.54) is 12.8 Å². The third-order valence-corrected chi connectivity index (χ3v) is 4.18. The summed E-state index contributed by atoms with van der Waals surface area (Å²) in [6, 6.07) is 0. The Morgan fingerprint density at radius 3 is 2.71 bits per heavy atom. The Bertz CT molecular complexity index is 659. The van der Waals surface area contributed by atoms with E-state index in [2.05, 4.69) is 49.9 Å². The largest absolute Gasteiger partial charge is 0.368 e. The number of aryl methyl sites for hydroxylation is 1. The van der Waals surface area contributed by atoms with Crippen LogP contribution in [-0.2, 0) is 7.05 Å². The summed E-state index contributed by atoms with van der Waals surface area (Å²) in [6.07, 6.45) is 5.69. The number of hydrogen-bond acceptors (Lipinski definition) is 5. The minimum Gasteiger partial charge on any atom is -0.368 e. The molecular weight excluding hydrogens is 304 g/mol. The van der Waals surface area contributed by atoms with Gasteiger partial charge in [0.1, 0.15) is 12.1 Å². The lowest BCUT2D eigenvalue weighted by molar-refractivity contribution is 0.481. The molecule has 2 heterocycles. The maximum absolute atomic E-state index is 4.29. The number of hydrogen-bond donors (Lipinski definition) is 3. The summed E-state index contributed by atoms with van der Waals surface area (Å²) in [7, 11) is 3.66. The van der Waals surface area contributed by atoms with Crippen LogP contribution in [0.15, 0.2) is 17.5 Å². The second kappa shape index (κ2) is 9.05. The molecule has 2 rings (SSSR count). The standard InChI is InChI=1S/C16H28N8/c1-5-12(6-2)9-20-16(17-3)19-8-7-18-14-13-10-23-24(4)15(13)22-11-21-14/h10-12H,5-9H2,1-4H3,(H2,17,19,20)(H,18,21,22). The first-order valence-electron chi connectivity index (χ1n) is 8.50. The van der Waals surface area contributed by atoms with Gasteiger partial charge in [-0.1, -0.05) is 26.7 Å². The maximum atomic E-state index is 4.29. The van der Waals surface area contributed by atoms with Crippen LogP contribution in [0.3, 0.4) is 0 Å². The molecule has 0 aromatic carbocycles. The highest BCUT2D eigenvalue weighted by atomic mass is 15.3. The summed E-state index contributed by atoms with van der Waals surface area (Å²) >= 11 is 0. The first-order valence-corrected chi connectivity index (χ1v) is 8.50. The van der Waals surface area contributed by atoms with Crippen molar-refractivity contribution in [1.29, 1.82) is 0 Å². The van der Waals surface area contributed by atoms with E-state index in [1.54, 1.807) is 24.3 Å². The van der Waals surface area contributed by atoms with Crippen LogP contribution in [0.5, 0.6) is 0 Å². The third kappa shape index (κ3) is 4.56. The van der Waals surface area contributed by atoms with Gasteiger partial charge < -0.3 is 16.0 Å². The molecule has 0 amide bonds. The number of guanidine groups is 1. The Morgan fingerprint density at radius 2 is 2.00 bits per heavy atom. The minimum absolute atomic E-state index is 0.682. The molecule has 0 spiro atoms. The van der Waals surface area contributed by atoms with Crippen LogP contribution < -0.4 is 16.0 Å². The highest BCUT2D eigenvalue weighted by Gasteiger charge is 2.07. The molecule has 3 N–H and O–H groups in total. The molecule has 0 saturated carbocycles. The molecule has 0 radical (unpaired) electrons. The molecule has 2 aromatic heterocycles. The summed E-state index contributed by atoms with van der Waals surface area (Å²) in [5, 5.41) is 15.1.